The van der Waals surface area contributed by atoms with E-state index in [1.165, 1.54) is 0 Å². The molecule has 6 heteroatoms. The SMILES string of the molecule is CCC(C)(CN)NC(=O)c1cc(F)c(F)c(F)c1. The van der Waals surface area contributed by atoms with Gasteiger partial charge in [0.1, 0.15) is 0 Å². The van der Waals surface area contributed by atoms with E-state index in [1.54, 1.807) is 6.92 Å². The first-order valence-electron chi connectivity index (χ1n) is 5.50. The average molecular weight is 260 g/mol. The fraction of sp³-hybridized carbons (Fsp3) is 0.417. The van der Waals surface area contributed by atoms with E-state index in [0.717, 1.165) is 0 Å². The van der Waals surface area contributed by atoms with Crippen LogP contribution in [0, 0.1) is 17.5 Å². The summed E-state index contributed by atoms with van der Waals surface area (Å²) in [6, 6.07) is 1.31. The molecular weight excluding hydrogens is 245 g/mol. The molecule has 3 nitrogen and oxygen atoms in total. The molecule has 3 N–H and O–H groups in total. The summed E-state index contributed by atoms with van der Waals surface area (Å²) in [5, 5.41) is 2.56. The molecule has 1 rings (SSSR count). The Bertz CT molecular complexity index is 436. The van der Waals surface area contributed by atoms with Gasteiger partial charge in [0.15, 0.2) is 17.5 Å². The topological polar surface area (TPSA) is 55.1 Å². The van der Waals surface area contributed by atoms with Crippen molar-refractivity contribution in [2.24, 2.45) is 5.73 Å². The van der Waals surface area contributed by atoms with E-state index < -0.39 is 28.9 Å². The molecule has 1 amide bonds. The molecule has 18 heavy (non-hydrogen) atoms. The Kier molecular flexibility index (Phi) is 4.34. The van der Waals surface area contributed by atoms with Gasteiger partial charge >= 0.3 is 0 Å². The van der Waals surface area contributed by atoms with Crippen molar-refractivity contribution in [3.05, 3.63) is 35.1 Å². The highest BCUT2D eigenvalue weighted by Crippen LogP contribution is 2.15. The Hall–Kier alpha value is -1.56. The van der Waals surface area contributed by atoms with Gasteiger partial charge in [-0.1, -0.05) is 6.92 Å². The summed E-state index contributed by atoms with van der Waals surface area (Å²) in [6.45, 7) is 3.71. The molecule has 0 aliphatic heterocycles. The van der Waals surface area contributed by atoms with E-state index in [9.17, 15) is 18.0 Å². The normalized spacial score (nSPS) is 14.1. The van der Waals surface area contributed by atoms with Gasteiger partial charge < -0.3 is 11.1 Å². The van der Waals surface area contributed by atoms with Crippen molar-refractivity contribution in [1.29, 1.82) is 0 Å². The van der Waals surface area contributed by atoms with Crippen LogP contribution in [0.5, 0.6) is 0 Å². The first kappa shape index (κ1) is 14.5. The van der Waals surface area contributed by atoms with E-state index in [2.05, 4.69) is 5.32 Å². The van der Waals surface area contributed by atoms with Crippen molar-refractivity contribution in [1.82, 2.24) is 5.32 Å². The minimum atomic E-state index is -1.59. The van der Waals surface area contributed by atoms with Crippen LogP contribution >= 0.6 is 0 Å². The molecule has 0 radical (unpaired) electrons. The third-order valence-corrected chi connectivity index (χ3v) is 2.89. The monoisotopic (exact) mass is 260 g/mol. The molecule has 0 aliphatic rings. The summed E-state index contributed by atoms with van der Waals surface area (Å²) in [7, 11) is 0. The van der Waals surface area contributed by atoms with Gasteiger partial charge in [-0.3, -0.25) is 4.79 Å². The van der Waals surface area contributed by atoms with Crippen LogP contribution in [0.3, 0.4) is 0 Å². The average Bonchev–Trinajstić information content (AvgIpc) is 2.35. The molecule has 100 valence electrons. The molecule has 0 fully saturated rings. The van der Waals surface area contributed by atoms with E-state index in [0.29, 0.717) is 18.6 Å². The summed E-state index contributed by atoms with van der Waals surface area (Å²) in [5.41, 5.74) is 4.56. The zero-order valence-electron chi connectivity index (χ0n) is 10.2. The first-order chi connectivity index (χ1) is 8.33. The Morgan fingerprint density at radius 3 is 2.22 bits per heavy atom. The van der Waals surface area contributed by atoms with Gasteiger partial charge in [0, 0.05) is 17.6 Å². The zero-order chi connectivity index (χ0) is 13.9. The molecule has 0 aliphatic carbocycles. The minimum Gasteiger partial charge on any atom is -0.346 e. The quantitative estimate of drug-likeness (QED) is 0.813. The second kappa shape index (κ2) is 5.39. The van der Waals surface area contributed by atoms with Crippen molar-refractivity contribution in [2.75, 3.05) is 6.54 Å². The van der Waals surface area contributed by atoms with E-state index in [-0.39, 0.29) is 12.1 Å². The Morgan fingerprint density at radius 2 is 1.83 bits per heavy atom. The molecule has 1 aromatic rings. The lowest BCUT2D eigenvalue weighted by molar-refractivity contribution is 0.0905. The maximum Gasteiger partial charge on any atom is 0.251 e. The van der Waals surface area contributed by atoms with Crippen LogP contribution in [0.25, 0.3) is 0 Å². The molecule has 1 atom stereocenters. The Balaban J connectivity index is 2.98. The van der Waals surface area contributed by atoms with Gasteiger partial charge in [-0.25, -0.2) is 13.2 Å². The molecule has 1 aromatic carbocycles. The van der Waals surface area contributed by atoms with Crippen LogP contribution in [-0.4, -0.2) is 18.0 Å². The fourth-order valence-corrected chi connectivity index (χ4v) is 1.32. The third-order valence-electron chi connectivity index (χ3n) is 2.89. The zero-order valence-corrected chi connectivity index (χ0v) is 10.2. The predicted molar refractivity (Wildman–Crippen MR) is 61.5 cm³/mol. The number of hydrogen-bond donors (Lipinski definition) is 2. The summed E-state index contributed by atoms with van der Waals surface area (Å²) >= 11 is 0. The van der Waals surface area contributed by atoms with E-state index in [1.807, 2.05) is 6.92 Å². The number of amides is 1. The standard InChI is InChI=1S/C12H15F3N2O/c1-3-12(2,6-16)17-11(18)7-4-8(13)10(15)9(14)5-7/h4-5H,3,6,16H2,1-2H3,(H,17,18). The summed E-state index contributed by atoms with van der Waals surface area (Å²) in [4.78, 5) is 11.8. The number of benzene rings is 1. The summed E-state index contributed by atoms with van der Waals surface area (Å²) in [5.74, 6) is -5.08. The van der Waals surface area contributed by atoms with Gasteiger partial charge in [-0.2, -0.15) is 0 Å². The molecule has 0 spiro atoms. The number of carbonyl (C=O) groups is 1. The summed E-state index contributed by atoms with van der Waals surface area (Å²) < 4.78 is 38.7. The number of carbonyl (C=O) groups excluding carboxylic acids is 1. The largest absolute Gasteiger partial charge is 0.346 e. The molecule has 1 unspecified atom stereocenters. The lowest BCUT2D eigenvalue weighted by atomic mass is 9.98. The van der Waals surface area contributed by atoms with Crippen LogP contribution < -0.4 is 11.1 Å². The van der Waals surface area contributed by atoms with Gasteiger partial charge in [0.05, 0.1) is 0 Å². The van der Waals surface area contributed by atoms with Crippen LogP contribution in [-0.2, 0) is 0 Å². The van der Waals surface area contributed by atoms with Gasteiger partial charge in [0.25, 0.3) is 5.91 Å². The van der Waals surface area contributed by atoms with Gasteiger partial charge in [0.2, 0.25) is 0 Å². The number of hydrogen-bond acceptors (Lipinski definition) is 2. The van der Waals surface area contributed by atoms with E-state index >= 15 is 0 Å². The van der Waals surface area contributed by atoms with Crippen LogP contribution in [0.1, 0.15) is 30.6 Å². The third kappa shape index (κ3) is 3.01. The second-order valence-electron chi connectivity index (χ2n) is 4.33. The molecule has 0 saturated carbocycles. The van der Waals surface area contributed by atoms with Crippen molar-refractivity contribution < 1.29 is 18.0 Å². The minimum absolute atomic E-state index is 0.182. The number of nitrogens with one attached hydrogen (secondary N) is 1. The Morgan fingerprint density at radius 1 is 1.33 bits per heavy atom. The smallest absolute Gasteiger partial charge is 0.251 e. The van der Waals surface area contributed by atoms with Crippen LogP contribution in [0.2, 0.25) is 0 Å². The van der Waals surface area contributed by atoms with Gasteiger partial charge in [-0.05, 0) is 25.5 Å². The highest BCUT2D eigenvalue weighted by molar-refractivity contribution is 5.94. The predicted octanol–water partition coefficient (Wildman–Crippen LogP) is 1.96. The fourth-order valence-electron chi connectivity index (χ4n) is 1.32. The second-order valence-corrected chi connectivity index (χ2v) is 4.33. The maximum absolute atomic E-state index is 13.0. The van der Waals surface area contributed by atoms with Gasteiger partial charge in [-0.15, -0.1) is 0 Å². The highest BCUT2D eigenvalue weighted by atomic mass is 19.2. The Labute approximate surface area is 103 Å². The molecule has 0 heterocycles. The molecule has 0 bridgehead atoms. The number of nitrogens with two attached hydrogens (primary N) is 1. The lowest BCUT2D eigenvalue weighted by Gasteiger charge is -2.27. The molecule has 0 aromatic heterocycles. The molecular formula is C12H15F3N2O. The maximum atomic E-state index is 13.0. The molecule has 0 saturated heterocycles. The van der Waals surface area contributed by atoms with Crippen LogP contribution in [0.4, 0.5) is 13.2 Å². The summed E-state index contributed by atoms with van der Waals surface area (Å²) in [6.07, 6.45) is 0.557. The van der Waals surface area contributed by atoms with Crippen molar-refractivity contribution >= 4 is 5.91 Å². The van der Waals surface area contributed by atoms with E-state index in [4.69, 9.17) is 5.73 Å². The number of rotatable bonds is 4. The first-order valence-corrected chi connectivity index (χ1v) is 5.50. The van der Waals surface area contributed by atoms with Crippen LogP contribution in [0.15, 0.2) is 12.1 Å². The van der Waals surface area contributed by atoms with Crippen molar-refractivity contribution in [2.45, 2.75) is 25.8 Å². The van der Waals surface area contributed by atoms with Crippen molar-refractivity contribution in [3.8, 4) is 0 Å². The number of halogens is 3. The highest BCUT2D eigenvalue weighted by Gasteiger charge is 2.24. The lowest BCUT2D eigenvalue weighted by Crippen LogP contribution is -2.50. The van der Waals surface area contributed by atoms with Crippen molar-refractivity contribution in [3.63, 3.8) is 0 Å².